The van der Waals surface area contributed by atoms with Crippen LogP contribution in [0.15, 0.2) is 53.7 Å². The van der Waals surface area contributed by atoms with Crippen molar-refractivity contribution in [1.29, 1.82) is 0 Å². The maximum Gasteiger partial charge on any atom is 0.181 e. The van der Waals surface area contributed by atoms with Crippen molar-refractivity contribution in [2.24, 2.45) is 0 Å². The fraction of sp³-hybridized carbons (Fsp3) is 0.125. The zero-order valence-electron chi connectivity index (χ0n) is 12.9. The summed E-state index contributed by atoms with van der Waals surface area (Å²) < 4.78 is 4.55. The first kappa shape index (κ1) is 14.8. The largest absolute Gasteiger partial charge is 0.337 e. The van der Waals surface area contributed by atoms with Gasteiger partial charge in [-0.05, 0) is 46.6 Å². The van der Waals surface area contributed by atoms with Crippen LogP contribution in [0.3, 0.4) is 0 Å². The lowest BCUT2D eigenvalue weighted by atomic mass is 10.2. The smallest absolute Gasteiger partial charge is 0.181 e. The van der Waals surface area contributed by atoms with Crippen LogP contribution in [0.5, 0.6) is 0 Å². The van der Waals surface area contributed by atoms with Gasteiger partial charge in [0.2, 0.25) is 0 Å². The number of hydrogen-bond acceptors (Lipinski definition) is 5. The molecule has 0 saturated heterocycles. The van der Waals surface area contributed by atoms with Crippen molar-refractivity contribution in [2.45, 2.75) is 13.3 Å². The van der Waals surface area contributed by atoms with Gasteiger partial charge in [0.25, 0.3) is 0 Å². The number of aromatic nitrogens is 6. The minimum Gasteiger partial charge on any atom is -0.337 e. The quantitative estimate of drug-likeness (QED) is 0.584. The molecular weight excluding hydrogens is 370 g/mol. The van der Waals surface area contributed by atoms with Crippen LogP contribution < -0.4 is 5.32 Å². The van der Waals surface area contributed by atoms with Crippen molar-refractivity contribution in [3.8, 4) is 5.69 Å². The Morgan fingerprint density at radius 1 is 1.17 bits per heavy atom. The molecule has 0 atom stereocenters. The lowest BCUT2D eigenvalue weighted by molar-refractivity contribution is 0.798. The van der Waals surface area contributed by atoms with Gasteiger partial charge in [0.15, 0.2) is 11.5 Å². The molecule has 0 amide bonds. The number of halogens is 1. The predicted octanol–water partition coefficient (Wildman–Crippen LogP) is 3.38. The molecule has 1 aromatic carbocycles. The number of fused-ring (bicyclic) bond motifs is 1. The molecule has 120 valence electrons. The number of imidazole rings is 1. The van der Waals surface area contributed by atoms with Gasteiger partial charge < -0.3 is 5.32 Å². The number of rotatable bonds is 4. The van der Waals surface area contributed by atoms with E-state index in [2.05, 4.69) is 48.5 Å². The predicted molar refractivity (Wildman–Crippen MR) is 94.7 cm³/mol. The van der Waals surface area contributed by atoms with Gasteiger partial charge in [0, 0.05) is 18.1 Å². The van der Waals surface area contributed by atoms with Gasteiger partial charge in [-0.1, -0.05) is 12.1 Å². The summed E-state index contributed by atoms with van der Waals surface area (Å²) in [5, 5.41) is 11.5. The molecule has 0 spiro atoms. The molecule has 4 rings (SSSR count). The molecule has 0 unspecified atom stereocenters. The molecule has 0 bridgehead atoms. The summed E-state index contributed by atoms with van der Waals surface area (Å²) in [7, 11) is 0. The van der Waals surface area contributed by atoms with Crippen LogP contribution in [-0.4, -0.2) is 29.4 Å². The zero-order valence-corrected chi connectivity index (χ0v) is 14.5. The van der Waals surface area contributed by atoms with Crippen LogP contribution in [0.4, 0.5) is 11.5 Å². The van der Waals surface area contributed by atoms with Crippen molar-refractivity contribution in [2.75, 3.05) is 5.32 Å². The van der Waals surface area contributed by atoms with E-state index in [9.17, 15) is 0 Å². The number of hydrogen-bond donors (Lipinski definition) is 1. The van der Waals surface area contributed by atoms with E-state index in [-0.39, 0.29) is 0 Å². The Bertz CT molecular complexity index is 987. The van der Waals surface area contributed by atoms with Crippen LogP contribution >= 0.6 is 15.9 Å². The van der Waals surface area contributed by atoms with Crippen molar-refractivity contribution in [3.63, 3.8) is 0 Å². The average molecular weight is 384 g/mol. The Morgan fingerprint density at radius 2 is 2.00 bits per heavy atom. The number of anilines is 2. The van der Waals surface area contributed by atoms with E-state index in [0.717, 1.165) is 33.7 Å². The highest BCUT2D eigenvalue weighted by Gasteiger charge is 2.08. The summed E-state index contributed by atoms with van der Waals surface area (Å²) in [5.41, 5.74) is 3.62. The van der Waals surface area contributed by atoms with Gasteiger partial charge in [-0.25, -0.2) is 14.6 Å². The van der Waals surface area contributed by atoms with Gasteiger partial charge in [-0.2, -0.15) is 0 Å². The fourth-order valence-corrected chi connectivity index (χ4v) is 2.79. The Kier molecular flexibility index (Phi) is 3.73. The molecule has 0 saturated carbocycles. The molecule has 1 N–H and O–H groups in total. The van der Waals surface area contributed by atoms with Gasteiger partial charge in [-0.15, -0.1) is 5.10 Å². The van der Waals surface area contributed by atoms with Crippen LogP contribution in [-0.2, 0) is 6.42 Å². The highest BCUT2D eigenvalue weighted by molar-refractivity contribution is 9.10. The standard InChI is InChI=1S/C16H14BrN7/c1-2-11-10-24(22-21-11)13-5-3-12(4-6-13)20-15-16-18-7-8-23(16)14(17)9-19-15/h3-10H,2H2,1H3,(H,19,20). The van der Waals surface area contributed by atoms with E-state index in [1.165, 1.54) is 0 Å². The molecule has 4 aromatic rings. The van der Waals surface area contributed by atoms with E-state index in [1.54, 1.807) is 17.1 Å². The topological polar surface area (TPSA) is 72.9 Å². The lowest BCUT2D eigenvalue weighted by Crippen LogP contribution is -2.00. The highest BCUT2D eigenvalue weighted by atomic mass is 79.9. The van der Waals surface area contributed by atoms with E-state index in [4.69, 9.17) is 0 Å². The van der Waals surface area contributed by atoms with E-state index in [1.807, 2.05) is 41.1 Å². The summed E-state index contributed by atoms with van der Waals surface area (Å²) in [6.45, 7) is 2.06. The van der Waals surface area contributed by atoms with Crippen molar-refractivity contribution in [1.82, 2.24) is 29.4 Å². The van der Waals surface area contributed by atoms with Crippen molar-refractivity contribution >= 4 is 33.1 Å². The first-order chi connectivity index (χ1) is 11.7. The maximum atomic E-state index is 4.40. The molecule has 3 aromatic heterocycles. The van der Waals surface area contributed by atoms with Gasteiger partial charge in [0.05, 0.1) is 23.8 Å². The third-order valence-electron chi connectivity index (χ3n) is 3.68. The Balaban J connectivity index is 1.61. The average Bonchev–Trinajstić information content (AvgIpc) is 3.27. The van der Waals surface area contributed by atoms with Crippen molar-refractivity contribution in [3.05, 3.63) is 59.3 Å². The molecule has 0 aliphatic rings. The van der Waals surface area contributed by atoms with Crippen LogP contribution in [0.1, 0.15) is 12.6 Å². The van der Waals surface area contributed by atoms with E-state index < -0.39 is 0 Å². The zero-order chi connectivity index (χ0) is 16.5. The SMILES string of the molecule is CCc1cn(-c2ccc(Nc3ncc(Br)n4ccnc34)cc2)nn1. The minimum absolute atomic E-state index is 0.699. The molecule has 3 heterocycles. The minimum atomic E-state index is 0.699. The summed E-state index contributed by atoms with van der Waals surface area (Å²) in [4.78, 5) is 8.74. The monoisotopic (exact) mass is 383 g/mol. The lowest BCUT2D eigenvalue weighted by Gasteiger charge is -2.08. The Morgan fingerprint density at radius 3 is 2.75 bits per heavy atom. The molecule has 0 aliphatic heterocycles. The summed E-state index contributed by atoms with van der Waals surface area (Å²) in [6.07, 6.45) is 8.17. The second-order valence-corrected chi connectivity index (χ2v) is 6.04. The first-order valence-corrected chi connectivity index (χ1v) is 8.30. The molecule has 8 heteroatoms. The number of benzene rings is 1. The maximum absolute atomic E-state index is 4.40. The van der Waals surface area contributed by atoms with Crippen LogP contribution in [0, 0.1) is 0 Å². The van der Waals surface area contributed by atoms with Crippen LogP contribution in [0.25, 0.3) is 11.3 Å². The first-order valence-electron chi connectivity index (χ1n) is 7.51. The summed E-state index contributed by atoms with van der Waals surface area (Å²) >= 11 is 3.46. The third-order valence-corrected chi connectivity index (χ3v) is 4.27. The van der Waals surface area contributed by atoms with Gasteiger partial charge in [0.1, 0.15) is 4.60 Å². The second-order valence-electron chi connectivity index (χ2n) is 5.23. The highest BCUT2D eigenvalue weighted by Crippen LogP contribution is 2.22. The molecule has 0 aliphatic carbocycles. The van der Waals surface area contributed by atoms with Crippen LogP contribution in [0.2, 0.25) is 0 Å². The second kappa shape index (κ2) is 6.04. The normalized spacial score (nSPS) is 11.1. The van der Waals surface area contributed by atoms with Gasteiger partial charge >= 0.3 is 0 Å². The molecule has 0 fully saturated rings. The summed E-state index contributed by atoms with van der Waals surface area (Å²) in [6, 6.07) is 7.92. The van der Waals surface area contributed by atoms with Crippen molar-refractivity contribution < 1.29 is 0 Å². The summed E-state index contributed by atoms with van der Waals surface area (Å²) in [5.74, 6) is 0.699. The van der Waals surface area contributed by atoms with E-state index >= 15 is 0 Å². The Hall–Kier alpha value is -2.74. The molecule has 24 heavy (non-hydrogen) atoms. The third kappa shape index (κ3) is 2.65. The fourth-order valence-electron chi connectivity index (χ4n) is 2.40. The number of nitrogens with one attached hydrogen (secondary N) is 1. The molecular formula is C16H14BrN7. The van der Waals surface area contributed by atoms with E-state index in [0.29, 0.717) is 5.82 Å². The number of nitrogens with zero attached hydrogens (tertiary/aromatic N) is 6. The number of aryl methyl sites for hydroxylation is 1. The molecule has 0 radical (unpaired) electrons. The Labute approximate surface area is 146 Å². The van der Waals surface area contributed by atoms with Gasteiger partial charge in [-0.3, -0.25) is 4.40 Å². The molecule has 7 nitrogen and oxygen atoms in total.